The fourth-order valence-electron chi connectivity index (χ4n) is 0.893. The Hall–Kier alpha value is -0.870. The largest absolute Gasteiger partial charge is 0.223 e. The molecule has 0 aromatic heterocycles. The van der Waals surface area contributed by atoms with E-state index in [9.17, 15) is 12.8 Å². The molecule has 5 heteroatoms. The Bertz CT molecular complexity index is 398. The van der Waals surface area contributed by atoms with Gasteiger partial charge in [-0.25, -0.2) is 12.8 Å². The third kappa shape index (κ3) is 4.44. The summed E-state index contributed by atoms with van der Waals surface area (Å²) in [5.41, 5.74) is 0. The van der Waals surface area contributed by atoms with Crippen LogP contribution in [0.5, 0.6) is 0 Å². The molecule has 1 aromatic rings. The zero-order valence-corrected chi connectivity index (χ0v) is 9.85. The summed E-state index contributed by atoms with van der Waals surface area (Å²) in [6.07, 6.45) is 2.78. The Labute approximate surface area is 94.3 Å². The molecule has 1 rings (SSSR count). The van der Waals surface area contributed by atoms with E-state index in [2.05, 4.69) is 18.2 Å². The van der Waals surface area contributed by atoms with E-state index in [0.29, 0.717) is 0 Å². The lowest BCUT2D eigenvalue weighted by atomic mass is 10.4. The number of hydrogen-bond donors (Lipinski definition) is 0. The van der Waals surface area contributed by atoms with Crippen LogP contribution >= 0.6 is 11.6 Å². The highest BCUT2D eigenvalue weighted by Gasteiger charge is 2.11. The first kappa shape index (κ1) is 14.1. The van der Waals surface area contributed by atoms with Crippen molar-refractivity contribution in [2.24, 2.45) is 0 Å². The van der Waals surface area contributed by atoms with Crippen LogP contribution in [0.4, 0.5) is 4.39 Å². The molecule has 0 fully saturated rings. The van der Waals surface area contributed by atoms with E-state index >= 15 is 0 Å². The van der Waals surface area contributed by atoms with Crippen LogP contribution in [0, 0.1) is 5.82 Å². The van der Waals surface area contributed by atoms with Gasteiger partial charge >= 0.3 is 0 Å². The summed E-state index contributed by atoms with van der Waals surface area (Å²) in [7, 11) is -3.31. The highest BCUT2D eigenvalue weighted by Crippen LogP contribution is 2.11. The molecule has 0 saturated carbocycles. The van der Waals surface area contributed by atoms with Crippen LogP contribution < -0.4 is 0 Å². The number of rotatable bonds is 3. The van der Waals surface area contributed by atoms with Crippen molar-refractivity contribution in [3.05, 3.63) is 42.7 Å². The van der Waals surface area contributed by atoms with Crippen molar-refractivity contribution in [3.63, 3.8) is 0 Å². The van der Waals surface area contributed by atoms with Gasteiger partial charge in [0, 0.05) is 6.38 Å². The maximum atomic E-state index is 12.4. The van der Waals surface area contributed by atoms with E-state index in [1.54, 1.807) is 0 Å². The maximum Gasteiger partial charge on any atom is 0.181 e. The maximum absolute atomic E-state index is 12.4. The summed E-state index contributed by atoms with van der Waals surface area (Å²) in [4.78, 5) is 0.119. The van der Waals surface area contributed by atoms with Gasteiger partial charge in [-0.05, 0) is 24.3 Å². The molecule has 0 radical (unpaired) electrons. The number of benzene rings is 1. The lowest BCUT2D eigenvalue weighted by molar-refractivity contribution is 0.597. The zero-order chi connectivity index (χ0) is 11.9. The summed E-state index contributed by atoms with van der Waals surface area (Å²) < 4.78 is 35.1. The van der Waals surface area contributed by atoms with E-state index in [1.165, 1.54) is 24.6 Å². The Morgan fingerprint density at radius 2 is 1.80 bits per heavy atom. The lowest BCUT2D eigenvalue weighted by Crippen LogP contribution is -2.04. The van der Waals surface area contributed by atoms with Crippen molar-refractivity contribution < 1.29 is 12.8 Å². The SMILES string of the molecule is C=CCS(=O)(=O)c1ccc(F)cc1.CCl. The molecule has 0 heterocycles. The fourth-order valence-corrected chi connectivity index (χ4v) is 1.95. The van der Waals surface area contributed by atoms with Gasteiger partial charge in [-0.1, -0.05) is 6.08 Å². The molecule has 0 saturated heterocycles. The molecule has 0 spiro atoms. The van der Waals surface area contributed by atoms with Crippen LogP contribution in [0.2, 0.25) is 0 Å². The topological polar surface area (TPSA) is 34.1 Å². The monoisotopic (exact) mass is 250 g/mol. The van der Waals surface area contributed by atoms with Gasteiger partial charge in [0.25, 0.3) is 0 Å². The molecule has 0 aliphatic heterocycles. The molecule has 0 aliphatic rings. The van der Waals surface area contributed by atoms with Crippen LogP contribution in [0.3, 0.4) is 0 Å². The van der Waals surface area contributed by atoms with E-state index < -0.39 is 15.7 Å². The molecule has 0 aliphatic carbocycles. The van der Waals surface area contributed by atoms with Crippen molar-refractivity contribution in [2.45, 2.75) is 4.90 Å². The van der Waals surface area contributed by atoms with Gasteiger partial charge in [-0.2, -0.15) is 0 Å². The minimum Gasteiger partial charge on any atom is -0.223 e. The van der Waals surface area contributed by atoms with Crippen LogP contribution in [-0.4, -0.2) is 20.6 Å². The van der Waals surface area contributed by atoms with Crippen LogP contribution in [0.25, 0.3) is 0 Å². The molecule has 15 heavy (non-hydrogen) atoms. The predicted octanol–water partition coefficient (Wildman–Crippen LogP) is 2.64. The summed E-state index contributed by atoms with van der Waals surface area (Å²) in [6, 6.07) is 4.73. The molecule has 0 amide bonds. The minimum atomic E-state index is -3.31. The summed E-state index contributed by atoms with van der Waals surface area (Å²) >= 11 is 4.64. The first-order valence-corrected chi connectivity index (χ1v) is 6.44. The predicted molar refractivity (Wildman–Crippen MR) is 60.4 cm³/mol. The average Bonchev–Trinajstić information content (AvgIpc) is 2.21. The Balaban J connectivity index is 0.000000921. The lowest BCUT2D eigenvalue weighted by Gasteiger charge is -1.99. The van der Waals surface area contributed by atoms with Crippen molar-refractivity contribution in [3.8, 4) is 0 Å². The second kappa shape index (κ2) is 6.58. The molecule has 0 N–H and O–H groups in total. The highest BCUT2D eigenvalue weighted by molar-refractivity contribution is 7.91. The number of halogens is 2. The smallest absolute Gasteiger partial charge is 0.181 e. The van der Waals surface area contributed by atoms with E-state index in [-0.39, 0.29) is 10.6 Å². The van der Waals surface area contributed by atoms with E-state index in [1.807, 2.05) is 0 Å². The van der Waals surface area contributed by atoms with Crippen LogP contribution in [0.15, 0.2) is 41.8 Å². The third-order valence-corrected chi connectivity index (χ3v) is 3.17. The average molecular weight is 251 g/mol. The van der Waals surface area contributed by atoms with Crippen LogP contribution in [0.1, 0.15) is 0 Å². The molecule has 0 atom stereocenters. The van der Waals surface area contributed by atoms with Crippen molar-refractivity contribution in [1.29, 1.82) is 0 Å². The van der Waals surface area contributed by atoms with E-state index in [4.69, 9.17) is 0 Å². The zero-order valence-electron chi connectivity index (χ0n) is 8.28. The first-order chi connectivity index (χ1) is 7.06. The fraction of sp³-hybridized carbons (Fsp3) is 0.200. The van der Waals surface area contributed by atoms with Gasteiger partial charge in [-0.3, -0.25) is 0 Å². The second-order valence-electron chi connectivity index (χ2n) is 2.52. The van der Waals surface area contributed by atoms with Crippen LogP contribution in [-0.2, 0) is 9.84 Å². The van der Waals surface area contributed by atoms with E-state index in [0.717, 1.165) is 12.1 Å². The van der Waals surface area contributed by atoms with Crippen molar-refractivity contribution in [1.82, 2.24) is 0 Å². The quantitative estimate of drug-likeness (QED) is 0.470. The summed E-state index contributed by atoms with van der Waals surface area (Å²) in [6.45, 7) is 3.34. The van der Waals surface area contributed by atoms with Gasteiger partial charge in [0.15, 0.2) is 9.84 Å². The molecule has 2 nitrogen and oxygen atoms in total. The third-order valence-electron chi connectivity index (χ3n) is 1.51. The number of alkyl halides is 1. The van der Waals surface area contributed by atoms with Gasteiger partial charge in [-0.15, -0.1) is 18.2 Å². The molecular formula is C10H12ClFO2S. The Morgan fingerprint density at radius 1 is 1.33 bits per heavy atom. The van der Waals surface area contributed by atoms with Gasteiger partial charge in [0.2, 0.25) is 0 Å². The molecule has 0 bridgehead atoms. The number of hydrogen-bond acceptors (Lipinski definition) is 2. The minimum absolute atomic E-state index is 0.119. The standard InChI is InChI=1S/C9H9FO2S.CH3Cl/c1-2-7-13(11,12)9-5-3-8(10)4-6-9;1-2/h2-6H,1,7H2;1H3. The second-order valence-corrected chi connectivity index (χ2v) is 4.56. The normalized spacial score (nSPS) is 10.1. The molecule has 0 unspecified atom stereocenters. The molecule has 84 valence electrons. The number of sulfone groups is 1. The summed E-state index contributed by atoms with van der Waals surface area (Å²) in [5.74, 6) is -0.573. The van der Waals surface area contributed by atoms with Crippen molar-refractivity contribution >= 4 is 21.4 Å². The molecular weight excluding hydrogens is 239 g/mol. The van der Waals surface area contributed by atoms with Gasteiger partial charge in [0.05, 0.1) is 10.6 Å². The summed E-state index contributed by atoms with van der Waals surface area (Å²) in [5, 5.41) is 0. The highest BCUT2D eigenvalue weighted by atomic mass is 35.5. The van der Waals surface area contributed by atoms with Gasteiger partial charge in [0.1, 0.15) is 5.82 Å². The Kier molecular flexibility index (Phi) is 6.20. The van der Waals surface area contributed by atoms with Gasteiger partial charge < -0.3 is 0 Å². The molecule has 1 aromatic carbocycles. The Morgan fingerprint density at radius 3 is 2.20 bits per heavy atom. The first-order valence-electron chi connectivity index (χ1n) is 4.03. The van der Waals surface area contributed by atoms with Crippen molar-refractivity contribution in [2.75, 3.05) is 12.1 Å².